The van der Waals surface area contributed by atoms with Gasteiger partial charge in [-0.2, -0.15) is 0 Å². The third-order valence-electron chi connectivity index (χ3n) is 5.28. The van der Waals surface area contributed by atoms with Crippen LogP contribution in [0.1, 0.15) is 109 Å². The Morgan fingerprint density at radius 3 is 1.56 bits per heavy atom. The molecule has 27 heavy (non-hydrogen) atoms. The van der Waals surface area contributed by atoms with E-state index in [1.165, 1.54) is 77.0 Å². The molecule has 0 bridgehead atoms. The Labute approximate surface area is 166 Å². The maximum atomic E-state index is 9.89. The summed E-state index contributed by atoms with van der Waals surface area (Å²) < 4.78 is 0. The van der Waals surface area contributed by atoms with Crippen molar-refractivity contribution in [2.75, 3.05) is 0 Å². The fourth-order valence-corrected chi connectivity index (χ4v) is 3.59. The molecule has 154 valence electrons. The van der Waals surface area contributed by atoms with E-state index in [1.54, 1.807) is 24.3 Å². The summed E-state index contributed by atoms with van der Waals surface area (Å²) in [5.41, 5.74) is 0.958. The highest BCUT2D eigenvalue weighted by Gasteiger charge is 2.11. The smallest absolute Gasteiger partial charge is 0.278 e. The summed E-state index contributed by atoms with van der Waals surface area (Å²) in [6.07, 6.45) is 18.8. The third-order valence-corrected chi connectivity index (χ3v) is 5.28. The number of para-hydroxylation sites is 1. The summed E-state index contributed by atoms with van der Waals surface area (Å²) in [5, 5.41) is 28.9. The summed E-state index contributed by atoms with van der Waals surface area (Å²) in [6.45, 7) is 2.26. The van der Waals surface area contributed by atoms with Crippen LogP contribution in [0.2, 0.25) is 0 Å². The van der Waals surface area contributed by atoms with Crippen LogP contribution < -0.4 is 0 Å². The number of unbranched alkanes of at least 4 members (excludes halogenated alkanes) is 13. The first-order chi connectivity index (χ1) is 13.2. The van der Waals surface area contributed by atoms with Gasteiger partial charge in [0.25, 0.3) is 5.95 Å². The number of phenols is 1. The van der Waals surface area contributed by atoms with Crippen molar-refractivity contribution in [3.05, 3.63) is 35.8 Å². The van der Waals surface area contributed by atoms with Gasteiger partial charge in [0.2, 0.25) is 0 Å². The molecule has 3 N–H and O–H groups in total. The van der Waals surface area contributed by atoms with Gasteiger partial charge >= 0.3 is 0 Å². The van der Waals surface area contributed by atoms with Gasteiger partial charge in [-0.15, -0.1) is 0 Å². The van der Waals surface area contributed by atoms with Crippen molar-refractivity contribution in [3.8, 4) is 5.75 Å². The summed E-state index contributed by atoms with van der Waals surface area (Å²) >= 11 is 0. The Kier molecular flexibility index (Phi) is 13.4. The molecule has 0 unspecified atom stereocenters. The lowest BCUT2D eigenvalue weighted by Gasteiger charge is -2.09. The largest absolute Gasteiger partial charge is 0.507 e. The number of hydrogen-bond donors (Lipinski definition) is 3. The molecule has 1 rings (SSSR count). The highest BCUT2D eigenvalue weighted by molar-refractivity contribution is 5.70. The molecule has 3 nitrogen and oxygen atoms in total. The van der Waals surface area contributed by atoms with E-state index in [0.29, 0.717) is 17.6 Å². The number of benzene rings is 1. The maximum Gasteiger partial charge on any atom is 0.278 e. The van der Waals surface area contributed by atoms with Crippen LogP contribution >= 0.6 is 0 Å². The van der Waals surface area contributed by atoms with E-state index < -0.39 is 5.95 Å². The molecule has 1 aromatic carbocycles. The molecule has 0 aliphatic carbocycles. The van der Waals surface area contributed by atoms with Gasteiger partial charge in [-0.05, 0) is 18.9 Å². The van der Waals surface area contributed by atoms with Crippen molar-refractivity contribution < 1.29 is 15.3 Å². The normalized spacial score (nSPS) is 10.9. The second-order valence-electron chi connectivity index (χ2n) is 7.67. The molecule has 1 aromatic rings. The van der Waals surface area contributed by atoms with Crippen molar-refractivity contribution in [3.63, 3.8) is 0 Å². The Morgan fingerprint density at radius 1 is 0.667 bits per heavy atom. The first-order valence-corrected chi connectivity index (χ1v) is 11.1. The highest BCUT2D eigenvalue weighted by Crippen LogP contribution is 2.30. The van der Waals surface area contributed by atoms with Crippen molar-refractivity contribution >= 4 is 5.57 Å². The first-order valence-electron chi connectivity index (χ1n) is 11.1. The van der Waals surface area contributed by atoms with Crippen LogP contribution in [0.5, 0.6) is 5.75 Å². The minimum atomic E-state index is -0.675. The molecule has 0 aliphatic rings. The van der Waals surface area contributed by atoms with Crippen LogP contribution in [0.25, 0.3) is 5.57 Å². The van der Waals surface area contributed by atoms with E-state index in [4.69, 9.17) is 0 Å². The molecular weight excluding hydrogens is 336 g/mol. The predicted octanol–water partition coefficient (Wildman–Crippen LogP) is 8.05. The monoisotopic (exact) mass is 376 g/mol. The number of phenolic OH excluding ortho intramolecular Hbond substituents is 1. The molecule has 0 spiro atoms. The SMILES string of the molecule is CCCCCCCCCCCCCCCCC(=C(O)O)c1ccccc1O. The van der Waals surface area contributed by atoms with Crippen LogP contribution in [0, 0.1) is 0 Å². The molecule has 0 heterocycles. The highest BCUT2D eigenvalue weighted by atomic mass is 16.5. The zero-order chi connectivity index (χ0) is 19.7. The summed E-state index contributed by atoms with van der Waals surface area (Å²) in [7, 11) is 0. The average Bonchev–Trinajstić information content (AvgIpc) is 2.65. The quantitative estimate of drug-likeness (QED) is 0.202. The van der Waals surface area contributed by atoms with E-state index in [-0.39, 0.29) is 5.75 Å². The lowest BCUT2D eigenvalue weighted by molar-refractivity contribution is 0.193. The number of hydrogen-bond acceptors (Lipinski definition) is 3. The van der Waals surface area contributed by atoms with Gasteiger partial charge in [0.15, 0.2) is 0 Å². The molecule has 0 saturated heterocycles. The van der Waals surface area contributed by atoms with Gasteiger partial charge in [0, 0.05) is 11.1 Å². The topological polar surface area (TPSA) is 60.7 Å². The average molecular weight is 377 g/mol. The second kappa shape index (κ2) is 15.4. The summed E-state index contributed by atoms with van der Waals surface area (Å²) in [4.78, 5) is 0. The van der Waals surface area contributed by atoms with Gasteiger partial charge in [0.05, 0.1) is 0 Å². The van der Waals surface area contributed by atoms with E-state index in [9.17, 15) is 15.3 Å². The minimum absolute atomic E-state index is 0.0958. The third kappa shape index (κ3) is 10.9. The molecule has 0 atom stereocenters. The Morgan fingerprint density at radius 2 is 1.11 bits per heavy atom. The van der Waals surface area contributed by atoms with Gasteiger partial charge in [-0.1, -0.05) is 109 Å². The van der Waals surface area contributed by atoms with Crippen LogP contribution in [-0.4, -0.2) is 15.3 Å². The van der Waals surface area contributed by atoms with Crippen molar-refractivity contribution in [2.24, 2.45) is 0 Å². The van der Waals surface area contributed by atoms with E-state index >= 15 is 0 Å². The maximum absolute atomic E-state index is 9.89. The Hall–Kier alpha value is -1.64. The minimum Gasteiger partial charge on any atom is -0.507 e. The van der Waals surface area contributed by atoms with Crippen LogP contribution in [0.15, 0.2) is 30.2 Å². The van der Waals surface area contributed by atoms with Gasteiger partial charge in [0.1, 0.15) is 5.75 Å². The fourth-order valence-electron chi connectivity index (χ4n) is 3.59. The van der Waals surface area contributed by atoms with Crippen molar-refractivity contribution in [1.29, 1.82) is 0 Å². The first kappa shape index (κ1) is 23.4. The fraction of sp³-hybridized carbons (Fsp3) is 0.667. The van der Waals surface area contributed by atoms with E-state index in [0.717, 1.165) is 12.8 Å². The van der Waals surface area contributed by atoms with Crippen LogP contribution in [0.4, 0.5) is 0 Å². The molecule has 3 heteroatoms. The van der Waals surface area contributed by atoms with Crippen molar-refractivity contribution in [1.82, 2.24) is 0 Å². The second-order valence-corrected chi connectivity index (χ2v) is 7.67. The molecule has 0 fully saturated rings. The number of aliphatic hydroxyl groups excluding tert-OH is 1. The van der Waals surface area contributed by atoms with Crippen molar-refractivity contribution in [2.45, 2.75) is 103 Å². The zero-order valence-electron chi connectivity index (χ0n) is 17.3. The number of aromatic hydroxyl groups is 1. The van der Waals surface area contributed by atoms with E-state index in [2.05, 4.69) is 6.92 Å². The standard InChI is InChI=1S/C24H40O3/c1-2-3-4-5-6-7-8-9-10-11-12-13-14-15-19-22(24(26)27)21-18-16-17-20-23(21)25/h16-18,20,25-27H,2-15,19H2,1H3. The summed E-state index contributed by atoms with van der Waals surface area (Å²) in [5.74, 6) is -0.579. The Bertz CT molecular complexity index is 518. The van der Waals surface area contributed by atoms with E-state index in [1.807, 2.05) is 0 Å². The number of rotatable bonds is 16. The number of allylic oxidation sites excluding steroid dienone is 1. The number of aliphatic hydroxyl groups is 2. The summed E-state index contributed by atoms with van der Waals surface area (Å²) in [6, 6.07) is 6.82. The van der Waals surface area contributed by atoms with Gasteiger partial charge in [-0.3, -0.25) is 0 Å². The lowest BCUT2D eigenvalue weighted by atomic mass is 9.98. The Balaban J connectivity index is 2.02. The molecule has 0 radical (unpaired) electrons. The van der Waals surface area contributed by atoms with Crippen LogP contribution in [-0.2, 0) is 0 Å². The van der Waals surface area contributed by atoms with Gasteiger partial charge in [-0.25, -0.2) is 0 Å². The van der Waals surface area contributed by atoms with Gasteiger partial charge < -0.3 is 15.3 Å². The predicted molar refractivity (Wildman–Crippen MR) is 115 cm³/mol. The zero-order valence-corrected chi connectivity index (χ0v) is 17.3. The molecule has 0 aliphatic heterocycles. The molecule has 0 aromatic heterocycles. The molecule has 0 amide bonds. The van der Waals surface area contributed by atoms with Crippen LogP contribution in [0.3, 0.4) is 0 Å². The molecule has 0 saturated carbocycles. The lowest BCUT2D eigenvalue weighted by Crippen LogP contribution is -1.93. The molecular formula is C24H40O3.